The Kier molecular flexibility index (Phi) is 10.5. The zero-order chi connectivity index (χ0) is 22.7. The van der Waals surface area contributed by atoms with Gasteiger partial charge in [0.05, 0.1) is 53.7 Å². The van der Waals surface area contributed by atoms with Crippen LogP contribution in [-0.4, -0.2) is 71.9 Å². The van der Waals surface area contributed by atoms with E-state index >= 15 is 0 Å². The Balaban J connectivity index is 2.04. The van der Waals surface area contributed by atoms with Crippen LogP contribution in [0.15, 0.2) is 36.4 Å². The highest BCUT2D eigenvalue weighted by molar-refractivity contribution is 5.69. The summed E-state index contributed by atoms with van der Waals surface area (Å²) in [7, 11) is 6.17. The topological polar surface area (TPSA) is 36.9 Å². The molecule has 0 radical (unpaired) electrons. The fourth-order valence-electron chi connectivity index (χ4n) is 3.31. The average Bonchev–Trinajstić information content (AvgIpc) is 2.75. The number of hydrogen-bond acceptors (Lipinski definition) is 4. The molecule has 2 aromatic carbocycles. The number of quaternary nitrogens is 1. The number of aryl methyl sites for hydroxylation is 2. The second kappa shape index (κ2) is 12.8. The molecule has 0 aliphatic heterocycles. The lowest BCUT2D eigenvalue weighted by Gasteiger charge is -2.29. The zero-order valence-electron chi connectivity index (χ0n) is 20.2. The van der Waals surface area contributed by atoms with Crippen molar-refractivity contribution in [3.8, 4) is 16.9 Å². The Hall–Kier alpha value is -1.92. The number of benzene rings is 2. The van der Waals surface area contributed by atoms with Gasteiger partial charge in [-0.2, -0.15) is 0 Å². The van der Waals surface area contributed by atoms with Gasteiger partial charge in [-0.25, -0.2) is 0 Å². The molecular weight excluding hydrogens is 390 g/mol. The normalized spacial score (nSPS) is 11.7. The summed E-state index contributed by atoms with van der Waals surface area (Å²) in [5, 5.41) is 0. The number of rotatable bonds is 14. The zero-order valence-corrected chi connectivity index (χ0v) is 20.2. The van der Waals surface area contributed by atoms with Crippen LogP contribution < -0.4 is 4.74 Å². The second-order valence-corrected chi connectivity index (χ2v) is 8.62. The highest BCUT2D eigenvalue weighted by atomic mass is 16.6. The third-order valence-electron chi connectivity index (χ3n) is 5.51. The predicted molar refractivity (Wildman–Crippen MR) is 127 cm³/mol. The van der Waals surface area contributed by atoms with Crippen molar-refractivity contribution in [2.75, 3.05) is 67.4 Å². The lowest BCUT2D eigenvalue weighted by atomic mass is 9.96. The molecular formula is C26H40NO4+. The Morgan fingerprint density at radius 2 is 1.48 bits per heavy atom. The first-order valence-electron chi connectivity index (χ1n) is 11.2. The van der Waals surface area contributed by atoms with Gasteiger partial charge in [0.2, 0.25) is 0 Å². The summed E-state index contributed by atoms with van der Waals surface area (Å²) in [4.78, 5) is 0. The first kappa shape index (κ1) is 25.3. The molecule has 0 saturated heterocycles. The molecule has 2 aromatic rings. The van der Waals surface area contributed by atoms with Gasteiger partial charge in [0, 0.05) is 12.7 Å². The van der Waals surface area contributed by atoms with Gasteiger partial charge in [0.25, 0.3) is 0 Å². The van der Waals surface area contributed by atoms with Crippen molar-refractivity contribution in [3.05, 3.63) is 53.1 Å². The molecule has 0 saturated carbocycles. The van der Waals surface area contributed by atoms with E-state index in [-0.39, 0.29) is 0 Å². The molecule has 5 nitrogen and oxygen atoms in total. The fourth-order valence-corrected chi connectivity index (χ4v) is 3.31. The highest BCUT2D eigenvalue weighted by Gasteiger charge is 2.18. The van der Waals surface area contributed by atoms with Crippen molar-refractivity contribution in [1.29, 1.82) is 0 Å². The molecule has 31 heavy (non-hydrogen) atoms. The number of ether oxygens (including phenoxy) is 4. The molecule has 5 heteroatoms. The maximum absolute atomic E-state index is 6.12. The minimum absolute atomic E-state index is 0.521. The monoisotopic (exact) mass is 430 g/mol. The van der Waals surface area contributed by atoms with Crippen LogP contribution in [0.25, 0.3) is 11.1 Å². The largest absolute Gasteiger partial charge is 0.491 e. The first-order valence-corrected chi connectivity index (χ1v) is 11.2. The van der Waals surface area contributed by atoms with E-state index < -0.39 is 0 Å². The molecule has 0 amide bonds. The molecule has 172 valence electrons. The number of hydrogen-bond donors (Lipinski definition) is 0. The third kappa shape index (κ3) is 8.62. The summed E-state index contributed by atoms with van der Waals surface area (Å²) >= 11 is 0. The van der Waals surface area contributed by atoms with Crippen LogP contribution in [0, 0.1) is 13.8 Å². The second-order valence-electron chi connectivity index (χ2n) is 8.62. The van der Waals surface area contributed by atoms with Crippen LogP contribution in [0.2, 0.25) is 0 Å². The molecule has 0 heterocycles. The Bertz CT molecular complexity index is 804. The van der Waals surface area contributed by atoms with Gasteiger partial charge in [-0.05, 0) is 49.6 Å². The van der Waals surface area contributed by atoms with Crippen LogP contribution in [0.3, 0.4) is 0 Å². The Labute approximate surface area is 188 Å². The van der Waals surface area contributed by atoms with E-state index in [1.165, 1.54) is 27.8 Å². The molecule has 0 unspecified atom stereocenters. The summed E-state index contributed by atoms with van der Waals surface area (Å²) in [6.45, 7) is 11.9. The van der Waals surface area contributed by atoms with E-state index in [1.807, 2.05) is 0 Å². The van der Waals surface area contributed by atoms with E-state index in [0.717, 1.165) is 23.3 Å². The van der Waals surface area contributed by atoms with Crippen LogP contribution in [0.4, 0.5) is 0 Å². The van der Waals surface area contributed by atoms with Crippen molar-refractivity contribution in [1.82, 2.24) is 0 Å². The van der Waals surface area contributed by atoms with Crippen molar-refractivity contribution >= 4 is 0 Å². The van der Waals surface area contributed by atoms with Crippen LogP contribution in [0.5, 0.6) is 5.75 Å². The summed E-state index contributed by atoms with van der Waals surface area (Å²) in [6.07, 6.45) is 0. The minimum atomic E-state index is 0.521. The molecule has 0 aliphatic rings. The van der Waals surface area contributed by atoms with E-state index in [9.17, 15) is 0 Å². The van der Waals surface area contributed by atoms with Gasteiger partial charge in [-0.3, -0.25) is 0 Å². The van der Waals surface area contributed by atoms with Crippen molar-refractivity contribution in [2.24, 2.45) is 0 Å². The van der Waals surface area contributed by atoms with Crippen molar-refractivity contribution in [3.63, 3.8) is 0 Å². The molecule has 0 bridgehead atoms. The van der Waals surface area contributed by atoms with Crippen molar-refractivity contribution in [2.45, 2.75) is 27.3 Å². The van der Waals surface area contributed by atoms with E-state index in [2.05, 4.69) is 71.3 Å². The summed E-state index contributed by atoms with van der Waals surface area (Å²) < 4.78 is 23.0. The van der Waals surface area contributed by atoms with E-state index in [0.29, 0.717) is 39.6 Å². The lowest BCUT2D eigenvalue weighted by molar-refractivity contribution is -0.901. The van der Waals surface area contributed by atoms with Gasteiger partial charge in [0.15, 0.2) is 0 Å². The summed E-state index contributed by atoms with van der Waals surface area (Å²) in [5.74, 6) is 0.939. The van der Waals surface area contributed by atoms with E-state index in [4.69, 9.17) is 18.9 Å². The first-order chi connectivity index (χ1) is 14.9. The molecule has 0 aliphatic carbocycles. The molecule has 0 N–H and O–H groups in total. The maximum atomic E-state index is 6.12. The highest BCUT2D eigenvalue weighted by Crippen LogP contribution is 2.31. The minimum Gasteiger partial charge on any atom is -0.491 e. The van der Waals surface area contributed by atoms with Gasteiger partial charge >= 0.3 is 0 Å². The van der Waals surface area contributed by atoms with Crippen molar-refractivity contribution < 1.29 is 23.4 Å². The van der Waals surface area contributed by atoms with Gasteiger partial charge < -0.3 is 23.4 Å². The molecule has 0 fully saturated rings. The van der Waals surface area contributed by atoms with Gasteiger partial charge in [-0.1, -0.05) is 29.8 Å². The fraction of sp³-hybridized carbons (Fsp3) is 0.538. The SMILES string of the molecule is CC[N+](C)(C)Cc1cc(-c2cc(C)ccc2C)ccc1OCCOCCOCCOC. The van der Waals surface area contributed by atoms with Crippen LogP contribution in [-0.2, 0) is 20.8 Å². The summed E-state index contributed by atoms with van der Waals surface area (Å²) in [5.41, 5.74) is 6.31. The number of nitrogens with zero attached hydrogens (tertiary/aromatic N) is 1. The smallest absolute Gasteiger partial charge is 0.128 e. The standard InChI is InChI=1S/C26H40NO4/c1-7-27(4,5)20-24-19-23(25-18-21(2)8-9-22(25)3)10-11-26(24)31-17-16-30-15-14-29-13-12-28-6/h8-11,18-19H,7,12-17,20H2,1-6H3/q+1. The summed E-state index contributed by atoms with van der Waals surface area (Å²) in [6, 6.07) is 13.2. The van der Waals surface area contributed by atoms with Crippen LogP contribution in [0.1, 0.15) is 23.6 Å². The molecule has 0 spiro atoms. The van der Waals surface area contributed by atoms with Gasteiger partial charge in [-0.15, -0.1) is 0 Å². The maximum Gasteiger partial charge on any atom is 0.128 e. The predicted octanol–water partition coefficient (Wildman–Crippen LogP) is 4.63. The molecule has 2 rings (SSSR count). The van der Waals surface area contributed by atoms with Gasteiger partial charge in [0.1, 0.15) is 18.9 Å². The van der Waals surface area contributed by atoms with E-state index in [1.54, 1.807) is 7.11 Å². The Morgan fingerprint density at radius 3 is 2.16 bits per heavy atom. The molecule has 0 atom stereocenters. The average molecular weight is 431 g/mol. The third-order valence-corrected chi connectivity index (χ3v) is 5.51. The quantitative estimate of drug-likeness (QED) is 0.324. The molecule has 0 aromatic heterocycles. The number of methoxy groups -OCH3 is 1. The lowest BCUT2D eigenvalue weighted by Crippen LogP contribution is -2.38. The Morgan fingerprint density at radius 1 is 0.806 bits per heavy atom. The van der Waals surface area contributed by atoms with Crippen LogP contribution >= 0.6 is 0 Å².